The topological polar surface area (TPSA) is 126 Å². The van der Waals surface area contributed by atoms with Crippen LogP contribution in [-0.4, -0.2) is 48.4 Å². The van der Waals surface area contributed by atoms with E-state index in [0.717, 1.165) is 10.5 Å². The molecule has 0 unspecified atom stereocenters. The summed E-state index contributed by atoms with van der Waals surface area (Å²) in [6.45, 7) is 3.26. The molecule has 0 radical (unpaired) electrons. The van der Waals surface area contributed by atoms with E-state index < -0.39 is 36.1 Å². The van der Waals surface area contributed by atoms with E-state index in [1.165, 1.54) is 30.3 Å². The minimum atomic E-state index is -0.711. The van der Waals surface area contributed by atoms with Gasteiger partial charge in [-0.1, -0.05) is 25.1 Å². The van der Waals surface area contributed by atoms with Crippen LogP contribution in [0.1, 0.15) is 25.0 Å². The number of para-hydroxylation sites is 1. The van der Waals surface area contributed by atoms with Crippen LogP contribution in [0.15, 0.2) is 66.4 Å². The number of aryl methyl sites for hydroxylation is 1. The van der Waals surface area contributed by atoms with Crippen LogP contribution in [0.25, 0.3) is 6.08 Å². The van der Waals surface area contributed by atoms with Crippen molar-refractivity contribution in [3.05, 3.63) is 86.9 Å². The Morgan fingerprint density at radius 2 is 1.74 bits per heavy atom. The van der Waals surface area contributed by atoms with E-state index >= 15 is 0 Å². The maximum absolute atomic E-state index is 13.1. The Kier molecular flexibility index (Phi) is 10.1. The number of nitrogens with zero attached hydrogens (tertiary/aromatic N) is 1. The summed E-state index contributed by atoms with van der Waals surface area (Å²) in [5, 5.41) is 7.89. The van der Waals surface area contributed by atoms with Gasteiger partial charge >= 0.3 is 6.03 Å². The molecule has 0 spiro atoms. The van der Waals surface area contributed by atoms with Crippen molar-refractivity contribution in [1.82, 2.24) is 10.2 Å². The van der Waals surface area contributed by atoms with E-state index in [9.17, 15) is 23.6 Å². The third-order valence-electron chi connectivity index (χ3n) is 6.05. The number of ether oxygens (including phenoxy) is 2. The van der Waals surface area contributed by atoms with Gasteiger partial charge in [0.25, 0.3) is 11.8 Å². The largest absolute Gasteiger partial charge is 0.490 e. The molecule has 0 bridgehead atoms. The van der Waals surface area contributed by atoms with Crippen LogP contribution in [0, 0.1) is 9.39 Å². The smallest absolute Gasteiger partial charge is 0.329 e. The quantitative estimate of drug-likeness (QED) is 0.149. The second-order valence-corrected chi connectivity index (χ2v) is 10.2. The van der Waals surface area contributed by atoms with Gasteiger partial charge in [-0.3, -0.25) is 14.4 Å². The van der Waals surface area contributed by atoms with Crippen molar-refractivity contribution in [2.24, 2.45) is 0 Å². The molecular weight excluding hydrogens is 658 g/mol. The normalized spacial score (nSPS) is 13.6. The van der Waals surface area contributed by atoms with Crippen molar-refractivity contribution >= 4 is 63.8 Å². The van der Waals surface area contributed by atoms with Gasteiger partial charge in [0.1, 0.15) is 18.1 Å². The zero-order valence-corrected chi connectivity index (χ0v) is 25.0. The number of carbonyl (C=O) groups is 4. The molecule has 4 rings (SSSR count). The summed E-state index contributed by atoms with van der Waals surface area (Å²) < 4.78 is 25.1. The lowest BCUT2D eigenvalue weighted by molar-refractivity contribution is -0.127. The molecule has 218 valence electrons. The Hall–Kier alpha value is -4.46. The van der Waals surface area contributed by atoms with E-state index in [1.807, 2.05) is 41.6 Å². The molecule has 1 heterocycles. The molecule has 0 saturated carbocycles. The van der Waals surface area contributed by atoms with Gasteiger partial charge in [-0.15, -0.1) is 0 Å². The third kappa shape index (κ3) is 7.63. The third-order valence-corrected chi connectivity index (χ3v) is 6.86. The fourth-order valence-electron chi connectivity index (χ4n) is 4.11. The molecule has 3 N–H and O–H groups in total. The van der Waals surface area contributed by atoms with Crippen molar-refractivity contribution in [3.8, 4) is 11.5 Å². The SMILES string of the molecule is CCOc1cc(/C=C2/NC(=O)N(CC(=O)Nc3ccccc3CC)C2=O)cc(I)c1OCC(=O)Nc1ccc(F)cc1. The Labute approximate surface area is 255 Å². The Bertz CT molecular complexity index is 1540. The summed E-state index contributed by atoms with van der Waals surface area (Å²) in [5.74, 6) is -1.37. The zero-order valence-electron chi connectivity index (χ0n) is 22.8. The summed E-state index contributed by atoms with van der Waals surface area (Å²) >= 11 is 2.01. The van der Waals surface area contributed by atoms with Gasteiger partial charge in [0.15, 0.2) is 18.1 Å². The van der Waals surface area contributed by atoms with E-state index in [2.05, 4.69) is 16.0 Å². The average Bonchev–Trinajstić information content (AvgIpc) is 3.21. The number of carbonyl (C=O) groups excluding carboxylic acids is 4. The Morgan fingerprint density at radius 3 is 2.45 bits per heavy atom. The number of anilines is 2. The van der Waals surface area contributed by atoms with E-state index in [0.29, 0.717) is 45.0 Å². The molecule has 0 aliphatic carbocycles. The van der Waals surface area contributed by atoms with Crippen molar-refractivity contribution in [2.75, 3.05) is 30.4 Å². The van der Waals surface area contributed by atoms with E-state index in [4.69, 9.17) is 9.47 Å². The van der Waals surface area contributed by atoms with Gasteiger partial charge in [0.05, 0.1) is 10.2 Å². The summed E-state index contributed by atoms with van der Waals surface area (Å²) in [4.78, 5) is 51.4. The molecule has 42 heavy (non-hydrogen) atoms. The van der Waals surface area contributed by atoms with Gasteiger partial charge < -0.3 is 25.4 Å². The highest BCUT2D eigenvalue weighted by atomic mass is 127. The zero-order chi connectivity index (χ0) is 30.2. The fraction of sp³-hybridized carbons (Fsp3) is 0.200. The van der Waals surface area contributed by atoms with Crippen LogP contribution in [0.4, 0.5) is 20.6 Å². The predicted molar refractivity (Wildman–Crippen MR) is 164 cm³/mol. The second-order valence-electron chi connectivity index (χ2n) is 9.05. The van der Waals surface area contributed by atoms with Crippen molar-refractivity contribution < 1.29 is 33.0 Å². The van der Waals surface area contributed by atoms with Crippen LogP contribution < -0.4 is 25.4 Å². The highest BCUT2D eigenvalue weighted by molar-refractivity contribution is 14.1. The van der Waals surface area contributed by atoms with Gasteiger partial charge in [-0.25, -0.2) is 14.1 Å². The molecule has 1 aliphatic rings. The monoisotopic (exact) mass is 686 g/mol. The van der Waals surface area contributed by atoms with Crippen LogP contribution >= 0.6 is 22.6 Å². The van der Waals surface area contributed by atoms with Crippen LogP contribution in [0.5, 0.6) is 11.5 Å². The Morgan fingerprint density at radius 1 is 1.00 bits per heavy atom. The minimum absolute atomic E-state index is 0.00708. The second kappa shape index (κ2) is 13.9. The molecule has 1 saturated heterocycles. The van der Waals surface area contributed by atoms with Crippen LogP contribution in [0.3, 0.4) is 0 Å². The maximum atomic E-state index is 13.1. The van der Waals surface area contributed by atoms with Crippen molar-refractivity contribution in [3.63, 3.8) is 0 Å². The number of halogens is 2. The summed E-state index contributed by atoms with van der Waals surface area (Å²) in [6.07, 6.45) is 2.18. The standard InChI is InChI=1S/C30H28FIN4O6/c1-3-19-7-5-6-8-23(19)34-26(37)16-36-29(39)24(35-30(36)40)14-18-13-22(32)28(25(15-18)41-4-2)42-17-27(38)33-21-11-9-20(31)10-12-21/h5-15H,3-4,16-17H2,1-2H3,(H,33,38)(H,34,37)(H,35,40)/b24-14+. The summed E-state index contributed by atoms with van der Waals surface area (Å²) in [5.41, 5.74) is 2.50. The molecule has 12 heteroatoms. The first-order valence-electron chi connectivity index (χ1n) is 13.0. The van der Waals surface area contributed by atoms with E-state index in [-0.39, 0.29) is 12.3 Å². The van der Waals surface area contributed by atoms with E-state index in [1.54, 1.807) is 31.2 Å². The maximum Gasteiger partial charge on any atom is 0.329 e. The number of imide groups is 1. The van der Waals surface area contributed by atoms with Crippen LogP contribution in [0.2, 0.25) is 0 Å². The van der Waals surface area contributed by atoms with Crippen LogP contribution in [-0.2, 0) is 20.8 Å². The predicted octanol–water partition coefficient (Wildman–Crippen LogP) is 4.94. The lowest BCUT2D eigenvalue weighted by Gasteiger charge is -2.15. The molecule has 1 aliphatic heterocycles. The minimum Gasteiger partial charge on any atom is -0.490 e. The lowest BCUT2D eigenvalue weighted by atomic mass is 10.1. The van der Waals surface area contributed by atoms with Crippen molar-refractivity contribution in [2.45, 2.75) is 20.3 Å². The molecule has 3 aromatic carbocycles. The van der Waals surface area contributed by atoms with Gasteiger partial charge in [0, 0.05) is 11.4 Å². The number of hydrogen-bond acceptors (Lipinski definition) is 6. The molecule has 3 aromatic rings. The molecule has 5 amide bonds. The number of urea groups is 1. The Balaban J connectivity index is 1.44. The molecular formula is C30H28FIN4O6. The molecule has 0 atom stereocenters. The van der Waals surface area contributed by atoms with Gasteiger partial charge in [-0.2, -0.15) is 0 Å². The summed E-state index contributed by atoms with van der Waals surface area (Å²) in [7, 11) is 0. The average molecular weight is 686 g/mol. The first kappa shape index (κ1) is 30.5. The number of rotatable bonds is 11. The van der Waals surface area contributed by atoms with Gasteiger partial charge in [-0.05, 0) is 95.6 Å². The fourth-order valence-corrected chi connectivity index (χ4v) is 4.89. The number of hydrogen-bond donors (Lipinski definition) is 3. The van der Waals surface area contributed by atoms with Gasteiger partial charge in [0.2, 0.25) is 5.91 Å². The highest BCUT2D eigenvalue weighted by Crippen LogP contribution is 2.35. The summed E-state index contributed by atoms with van der Waals surface area (Å²) in [6, 6.07) is 15.3. The number of benzene rings is 3. The number of amides is 5. The molecule has 1 fully saturated rings. The lowest BCUT2D eigenvalue weighted by Crippen LogP contribution is -2.38. The highest BCUT2D eigenvalue weighted by Gasteiger charge is 2.35. The molecule has 10 nitrogen and oxygen atoms in total. The molecule has 0 aromatic heterocycles. The van der Waals surface area contributed by atoms with Crippen molar-refractivity contribution in [1.29, 1.82) is 0 Å². The first-order valence-corrected chi connectivity index (χ1v) is 14.1. The number of nitrogens with one attached hydrogen (secondary N) is 3. The first-order chi connectivity index (χ1) is 20.2.